The third-order valence-corrected chi connectivity index (χ3v) is 5.83. The van der Waals surface area contributed by atoms with Gasteiger partial charge < -0.3 is 0 Å². The Morgan fingerprint density at radius 1 is 1.36 bits per heavy atom. The van der Waals surface area contributed by atoms with Crippen LogP contribution in [-0.2, 0) is 0 Å². The average Bonchev–Trinajstić information content (AvgIpc) is 2.17. The smallest absolute Gasteiger partial charge is 0.0134 e. The molecular weight excluding hydrogens is 267 g/mol. The second kappa shape index (κ2) is 3.69. The van der Waals surface area contributed by atoms with Crippen LogP contribution in [0.25, 0.3) is 0 Å². The Morgan fingerprint density at radius 2 is 1.91 bits per heavy atom. The van der Waals surface area contributed by atoms with Crippen molar-refractivity contribution in [3.8, 4) is 0 Å². The molecule has 2 atom stereocenters. The molecule has 1 aliphatic heterocycles. The molecule has 0 radical (unpaired) electrons. The highest BCUT2D eigenvalue weighted by Gasteiger charge is 2.28. The van der Waals surface area contributed by atoms with Crippen LogP contribution in [0.5, 0.6) is 0 Å². The highest BCUT2D eigenvalue weighted by Crippen LogP contribution is 2.47. The van der Waals surface area contributed by atoms with Crippen LogP contribution in [0, 0.1) is 11.8 Å². The minimum atomic E-state index is 0.722. The predicted molar refractivity (Wildman–Crippen MR) is 62.1 cm³/mol. The Balaban J connectivity index is 2.80. The first-order valence-electron chi connectivity index (χ1n) is 4.10. The molecule has 0 bridgehead atoms. The van der Waals surface area contributed by atoms with E-state index in [-0.39, 0.29) is 0 Å². The van der Waals surface area contributed by atoms with E-state index in [1.165, 1.54) is 0 Å². The van der Waals surface area contributed by atoms with Gasteiger partial charge in [-0.25, -0.2) is 0 Å². The molecule has 0 saturated heterocycles. The summed E-state index contributed by atoms with van der Waals surface area (Å²) in [6, 6.07) is 0. The van der Waals surface area contributed by atoms with E-state index >= 15 is 0 Å². The van der Waals surface area contributed by atoms with E-state index in [1.54, 1.807) is 8.48 Å². The van der Waals surface area contributed by atoms with Gasteiger partial charge in [0.25, 0.3) is 0 Å². The van der Waals surface area contributed by atoms with Gasteiger partial charge >= 0.3 is 0 Å². The van der Waals surface area contributed by atoms with Gasteiger partial charge in [0, 0.05) is 8.83 Å². The molecule has 2 unspecified atom stereocenters. The van der Waals surface area contributed by atoms with Crippen molar-refractivity contribution in [3.05, 3.63) is 8.48 Å². The molecule has 1 rings (SSSR count). The van der Waals surface area contributed by atoms with Gasteiger partial charge in [-0.3, -0.25) is 0 Å². The van der Waals surface area contributed by atoms with Crippen LogP contribution in [0.3, 0.4) is 0 Å². The Kier molecular flexibility index (Phi) is 3.32. The summed E-state index contributed by atoms with van der Waals surface area (Å²) in [5.41, 5.74) is 0. The maximum absolute atomic E-state index is 2.51. The maximum Gasteiger partial charge on any atom is 0.0134 e. The van der Waals surface area contributed by atoms with Gasteiger partial charge in [0.15, 0.2) is 0 Å². The monoisotopic (exact) mass is 282 g/mol. The second-order valence-corrected chi connectivity index (χ2v) is 6.06. The summed E-state index contributed by atoms with van der Waals surface area (Å²) in [5, 5.41) is 0.791. The molecule has 2 heteroatoms. The summed E-state index contributed by atoms with van der Waals surface area (Å²) < 4.78 is 1.59. The third-order valence-electron chi connectivity index (χ3n) is 2.18. The third kappa shape index (κ3) is 1.94. The summed E-state index contributed by atoms with van der Waals surface area (Å²) in [6.45, 7) is 9.22. The lowest BCUT2D eigenvalue weighted by atomic mass is 10.1. The molecular formula is C9H15IS. The van der Waals surface area contributed by atoms with E-state index in [4.69, 9.17) is 0 Å². The van der Waals surface area contributed by atoms with Gasteiger partial charge in [-0.1, -0.05) is 27.7 Å². The zero-order valence-electron chi connectivity index (χ0n) is 7.52. The van der Waals surface area contributed by atoms with E-state index < -0.39 is 0 Å². The summed E-state index contributed by atoms with van der Waals surface area (Å²) in [4.78, 5) is 1.62. The van der Waals surface area contributed by atoms with Crippen molar-refractivity contribution in [3.63, 3.8) is 0 Å². The molecule has 0 amide bonds. The molecule has 0 spiro atoms. The normalized spacial score (nSPS) is 32.2. The van der Waals surface area contributed by atoms with Crippen LogP contribution in [0.4, 0.5) is 0 Å². The number of halogens is 1. The molecule has 0 aromatic heterocycles. The van der Waals surface area contributed by atoms with E-state index in [0.29, 0.717) is 0 Å². The predicted octanol–water partition coefficient (Wildman–Crippen LogP) is 4.06. The first-order valence-corrected chi connectivity index (χ1v) is 6.06. The second-order valence-electron chi connectivity index (χ2n) is 3.48. The SMILES string of the molecule is CC(C)C1=C(I)C(C)C(C)S1. The highest BCUT2D eigenvalue weighted by atomic mass is 127. The van der Waals surface area contributed by atoms with Crippen LogP contribution < -0.4 is 0 Å². The number of rotatable bonds is 1. The summed E-state index contributed by atoms with van der Waals surface area (Å²) >= 11 is 4.57. The summed E-state index contributed by atoms with van der Waals surface area (Å²) in [6.07, 6.45) is 0. The number of allylic oxidation sites excluding steroid dienone is 2. The van der Waals surface area contributed by atoms with Crippen molar-refractivity contribution in [1.29, 1.82) is 0 Å². The molecule has 1 heterocycles. The Morgan fingerprint density at radius 3 is 2.09 bits per heavy atom. The van der Waals surface area contributed by atoms with Gasteiger partial charge in [0.1, 0.15) is 0 Å². The highest BCUT2D eigenvalue weighted by molar-refractivity contribution is 14.1. The van der Waals surface area contributed by atoms with Crippen LogP contribution in [0.1, 0.15) is 27.7 Å². The first-order chi connectivity index (χ1) is 5.04. The van der Waals surface area contributed by atoms with E-state index in [0.717, 1.165) is 17.1 Å². The van der Waals surface area contributed by atoms with E-state index in [1.807, 2.05) is 0 Å². The quantitative estimate of drug-likeness (QED) is 0.653. The molecule has 11 heavy (non-hydrogen) atoms. The van der Waals surface area contributed by atoms with Gasteiger partial charge in [-0.05, 0) is 39.3 Å². The Hall–Kier alpha value is 0.820. The van der Waals surface area contributed by atoms with Crippen molar-refractivity contribution in [2.24, 2.45) is 11.8 Å². The summed E-state index contributed by atoms with van der Waals surface area (Å²) in [5.74, 6) is 1.50. The molecule has 1 aliphatic rings. The zero-order valence-corrected chi connectivity index (χ0v) is 10.5. The molecule has 0 fully saturated rings. The van der Waals surface area contributed by atoms with Gasteiger partial charge in [-0.2, -0.15) is 0 Å². The van der Waals surface area contributed by atoms with Crippen molar-refractivity contribution in [1.82, 2.24) is 0 Å². The topological polar surface area (TPSA) is 0 Å². The maximum atomic E-state index is 2.51. The molecule has 0 saturated carbocycles. The Bertz CT molecular complexity index is 184. The van der Waals surface area contributed by atoms with Crippen LogP contribution in [0.15, 0.2) is 8.48 Å². The lowest BCUT2D eigenvalue weighted by Crippen LogP contribution is -2.02. The van der Waals surface area contributed by atoms with Crippen LogP contribution in [0.2, 0.25) is 0 Å². The van der Waals surface area contributed by atoms with Crippen LogP contribution >= 0.6 is 34.4 Å². The molecule has 0 aromatic carbocycles. The first kappa shape index (κ1) is 9.90. The van der Waals surface area contributed by atoms with Crippen molar-refractivity contribution < 1.29 is 0 Å². The Labute approximate surface area is 87.3 Å². The fourth-order valence-electron chi connectivity index (χ4n) is 1.20. The summed E-state index contributed by atoms with van der Waals surface area (Å²) in [7, 11) is 0. The molecule has 64 valence electrons. The fraction of sp³-hybridized carbons (Fsp3) is 0.778. The van der Waals surface area contributed by atoms with Crippen molar-refractivity contribution >= 4 is 34.4 Å². The number of hydrogen-bond donors (Lipinski definition) is 0. The molecule has 0 aliphatic carbocycles. The largest absolute Gasteiger partial charge is 0.126 e. The van der Waals surface area contributed by atoms with E-state index in [2.05, 4.69) is 62.0 Å². The molecule has 0 aromatic rings. The van der Waals surface area contributed by atoms with Gasteiger partial charge in [-0.15, -0.1) is 11.8 Å². The minimum Gasteiger partial charge on any atom is -0.126 e. The lowest BCUT2D eigenvalue weighted by Gasteiger charge is -2.07. The van der Waals surface area contributed by atoms with Crippen molar-refractivity contribution in [2.75, 3.05) is 0 Å². The molecule has 0 N–H and O–H groups in total. The number of thioether (sulfide) groups is 1. The fourth-order valence-corrected chi connectivity index (χ4v) is 4.30. The molecule has 0 nitrogen and oxygen atoms in total. The van der Waals surface area contributed by atoms with E-state index in [9.17, 15) is 0 Å². The van der Waals surface area contributed by atoms with Gasteiger partial charge in [0.05, 0.1) is 0 Å². The van der Waals surface area contributed by atoms with Crippen molar-refractivity contribution in [2.45, 2.75) is 32.9 Å². The van der Waals surface area contributed by atoms with Crippen LogP contribution in [-0.4, -0.2) is 5.25 Å². The minimum absolute atomic E-state index is 0.722. The number of hydrogen-bond acceptors (Lipinski definition) is 1. The average molecular weight is 282 g/mol. The lowest BCUT2D eigenvalue weighted by molar-refractivity contribution is 0.716. The zero-order chi connectivity index (χ0) is 8.59. The van der Waals surface area contributed by atoms with Gasteiger partial charge in [0.2, 0.25) is 0 Å². The standard InChI is InChI=1S/C9H15IS/c1-5(2)9-8(10)6(3)7(4)11-9/h5-7H,1-4H3.